The van der Waals surface area contributed by atoms with Crippen molar-refractivity contribution in [3.8, 4) is 0 Å². The van der Waals surface area contributed by atoms with Gasteiger partial charge in [0.25, 0.3) is 0 Å². The Balaban J connectivity index is 3.24. The molecule has 1 heterocycles. The number of nitrogens with zero attached hydrogens (tertiary/aromatic N) is 2. The molecule has 0 atom stereocenters. The second kappa shape index (κ2) is 3.05. The summed E-state index contributed by atoms with van der Waals surface area (Å²) in [5.74, 6) is 0. The molecular formula is C7H9ClN2O. The fourth-order valence-electron chi connectivity index (χ4n) is 0.923. The summed E-state index contributed by atoms with van der Waals surface area (Å²) in [5, 5.41) is 4.53. The fourth-order valence-corrected chi connectivity index (χ4v) is 1.26. The van der Waals surface area contributed by atoms with Crippen molar-refractivity contribution in [2.24, 2.45) is 7.05 Å². The lowest BCUT2D eigenvalue weighted by Crippen LogP contribution is -1.96. The third kappa shape index (κ3) is 1.28. The van der Waals surface area contributed by atoms with Crippen LogP contribution in [0.4, 0.5) is 0 Å². The number of hydrogen-bond acceptors (Lipinski definition) is 2. The summed E-state index contributed by atoms with van der Waals surface area (Å²) in [6.45, 7) is 1.95. The number of aromatic nitrogens is 2. The molecule has 1 aromatic rings. The van der Waals surface area contributed by atoms with Gasteiger partial charge in [0.2, 0.25) is 0 Å². The summed E-state index contributed by atoms with van der Waals surface area (Å²) >= 11 is 5.82. The molecule has 1 aromatic heterocycles. The lowest BCUT2D eigenvalue weighted by atomic mass is 10.3. The van der Waals surface area contributed by atoms with Crippen molar-refractivity contribution in [3.05, 3.63) is 16.4 Å². The van der Waals surface area contributed by atoms with Gasteiger partial charge >= 0.3 is 0 Å². The molecule has 11 heavy (non-hydrogen) atoms. The number of aldehydes is 1. The van der Waals surface area contributed by atoms with Gasteiger partial charge in [0.15, 0.2) is 6.29 Å². The summed E-state index contributed by atoms with van der Waals surface area (Å²) in [4.78, 5) is 10.4. The molecule has 0 saturated carbocycles. The van der Waals surface area contributed by atoms with Gasteiger partial charge in [-0.2, -0.15) is 5.10 Å². The molecule has 0 fully saturated rings. The topological polar surface area (TPSA) is 34.9 Å². The molecule has 0 N–H and O–H groups in total. The second-order valence-electron chi connectivity index (χ2n) is 2.24. The predicted octanol–water partition coefficient (Wildman–Crippen LogP) is 1.45. The first kappa shape index (κ1) is 8.27. The van der Waals surface area contributed by atoms with Gasteiger partial charge in [0.1, 0.15) is 5.69 Å². The monoisotopic (exact) mass is 172 g/mol. The zero-order valence-electron chi connectivity index (χ0n) is 6.47. The van der Waals surface area contributed by atoms with Crippen LogP contribution in [0.3, 0.4) is 0 Å². The summed E-state index contributed by atoms with van der Waals surface area (Å²) in [6.07, 6.45) is 1.47. The average Bonchev–Trinajstić information content (AvgIpc) is 2.26. The van der Waals surface area contributed by atoms with Crippen molar-refractivity contribution in [2.75, 3.05) is 0 Å². The molecule has 0 unspecified atom stereocenters. The minimum absolute atomic E-state index is 0.448. The number of aryl methyl sites for hydroxylation is 2. The Morgan fingerprint density at radius 1 is 1.73 bits per heavy atom. The van der Waals surface area contributed by atoms with Gasteiger partial charge in [-0.3, -0.25) is 9.48 Å². The van der Waals surface area contributed by atoms with Gasteiger partial charge < -0.3 is 0 Å². The van der Waals surface area contributed by atoms with Crippen molar-refractivity contribution < 1.29 is 4.79 Å². The van der Waals surface area contributed by atoms with Crippen LogP contribution in [0.25, 0.3) is 0 Å². The number of carbonyl (C=O) groups excluding carboxylic acids is 1. The van der Waals surface area contributed by atoms with Crippen molar-refractivity contribution in [1.29, 1.82) is 0 Å². The van der Waals surface area contributed by atoms with Crippen LogP contribution in [0.1, 0.15) is 23.1 Å². The maximum atomic E-state index is 10.4. The molecule has 60 valence electrons. The van der Waals surface area contributed by atoms with E-state index in [0.717, 1.165) is 12.1 Å². The highest BCUT2D eigenvalue weighted by Crippen LogP contribution is 2.18. The number of hydrogen-bond donors (Lipinski definition) is 0. The van der Waals surface area contributed by atoms with Crippen LogP contribution in [0.2, 0.25) is 5.02 Å². The van der Waals surface area contributed by atoms with Gasteiger partial charge in [-0.1, -0.05) is 18.5 Å². The second-order valence-corrected chi connectivity index (χ2v) is 2.62. The molecule has 0 bridgehead atoms. The molecule has 0 aliphatic heterocycles. The molecule has 0 amide bonds. The summed E-state index contributed by atoms with van der Waals surface area (Å²) < 4.78 is 1.49. The molecule has 3 nitrogen and oxygen atoms in total. The van der Waals surface area contributed by atoms with E-state index in [0.29, 0.717) is 17.0 Å². The molecule has 0 radical (unpaired) electrons. The molecule has 0 saturated heterocycles. The molecule has 0 aliphatic carbocycles. The van der Waals surface area contributed by atoms with Crippen LogP contribution in [-0.4, -0.2) is 16.1 Å². The highest BCUT2D eigenvalue weighted by Gasteiger charge is 2.10. The smallest absolute Gasteiger partial charge is 0.169 e. The molecule has 1 rings (SSSR count). The normalized spacial score (nSPS) is 10.1. The Hall–Kier alpha value is -0.830. The number of rotatable bonds is 2. The maximum absolute atomic E-state index is 10.4. The van der Waals surface area contributed by atoms with Crippen LogP contribution >= 0.6 is 11.6 Å². The Morgan fingerprint density at radius 2 is 2.36 bits per heavy atom. The van der Waals surface area contributed by atoms with Crippen molar-refractivity contribution >= 4 is 17.9 Å². The Morgan fingerprint density at radius 3 is 2.64 bits per heavy atom. The molecule has 0 spiro atoms. The first-order chi connectivity index (χ1) is 5.20. The lowest BCUT2D eigenvalue weighted by Gasteiger charge is -1.88. The first-order valence-electron chi connectivity index (χ1n) is 3.37. The molecule has 0 aromatic carbocycles. The minimum atomic E-state index is 0.448. The van der Waals surface area contributed by atoms with Gasteiger partial charge in [-0.25, -0.2) is 0 Å². The maximum Gasteiger partial charge on any atom is 0.169 e. The quantitative estimate of drug-likeness (QED) is 0.633. The Bertz CT molecular complexity index is 280. The largest absolute Gasteiger partial charge is 0.296 e. The van der Waals surface area contributed by atoms with E-state index in [9.17, 15) is 4.79 Å². The summed E-state index contributed by atoms with van der Waals surface area (Å²) in [6, 6.07) is 0. The lowest BCUT2D eigenvalue weighted by molar-refractivity contribution is 0.111. The van der Waals surface area contributed by atoms with Crippen LogP contribution in [0, 0.1) is 0 Å². The zero-order chi connectivity index (χ0) is 8.43. The van der Waals surface area contributed by atoms with E-state index < -0.39 is 0 Å². The van der Waals surface area contributed by atoms with Crippen molar-refractivity contribution in [2.45, 2.75) is 13.3 Å². The summed E-state index contributed by atoms with van der Waals surface area (Å²) in [5.41, 5.74) is 1.22. The standard InChI is InChI=1S/C7H9ClN2O/c1-3-5-7(8)6(4-11)10(2)9-5/h4H,3H2,1-2H3. The number of carbonyl (C=O) groups is 1. The van der Waals surface area contributed by atoms with E-state index in [1.54, 1.807) is 7.05 Å². The van der Waals surface area contributed by atoms with Crippen molar-refractivity contribution in [1.82, 2.24) is 9.78 Å². The molecular weight excluding hydrogens is 164 g/mol. The zero-order valence-corrected chi connectivity index (χ0v) is 7.22. The van der Waals surface area contributed by atoms with Gasteiger partial charge in [0.05, 0.1) is 10.7 Å². The third-order valence-corrected chi connectivity index (χ3v) is 1.96. The van der Waals surface area contributed by atoms with Gasteiger partial charge in [0, 0.05) is 7.05 Å². The van der Waals surface area contributed by atoms with E-state index in [-0.39, 0.29) is 0 Å². The SMILES string of the molecule is CCc1nn(C)c(C=O)c1Cl. The Kier molecular flexibility index (Phi) is 2.29. The molecule has 4 heteroatoms. The highest BCUT2D eigenvalue weighted by molar-refractivity contribution is 6.33. The Labute approximate surface area is 70.0 Å². The first-order valence-corrected chi connectivity index (χ1v) is 3.75. The van der Waals surface area contributed by atoms with E-state index in [2.05, 4.69) is 5.10 Å². The van der Waals surface area contributed by atoms with Crippen LogP contribution in [0.15, 0.2) is 0 Å². The predicted molar refractivity (Wildman–Crippen MR) is 43.0 cm³/mol. The minimum Gasteiger partial charge on any atom is -0.296 e. The molecule has 0 aliphatic rings. The van der Waals surface area contributed by atoms with E-state index in [1.165, 1.54) is 4.68 Å². The van der Waals surface area contributed by atoms with Crippen molar-refractivity contribution in [3.63, 3.8) is 0 Å². The van der Waals surface area contributed by atoms with Gasteiger partial charge in [-0.15, -0.1) is 0 Å². The van der Waals surface area contributed by atoms with E-state index >= 15 is 0 Å². The van der Waals surface area contributed by atoms with Crippen LogP contribution in [0.5, 0.6) is 0 Å². The van der Waals surface area contributed by atoms with Crippen LogP contribution in [-0.2, 0) is 13.5 Å². The number of halogens is 1. The fraction of sp³-hybridized carbons (Fsp3) is 0.429. The van der Waals surface area contributed by atoms with Gasteiger partial charge in [-0.05, 0) is 6.42 Å². The third-order valence-electron chi connectivity index (χ3n) is 1.54. The van der Waals surface area contributed by atoms with E-state index in [4.69, 9.17) is 11.6 Å². The average molecular weight is 173 g/mol. The highest BCUT2D eigenvalue weighted by atomic mass is 35.5. The summed E-state index contributed by atoms with van der Waals surface area (Å²) in [7, 11) is 1.70. The van der Waals surface area contributed by atoms with Crippen LogP contribution < -0.4 is 0 Å². The van der Waals surface area contributed by atoms with E-state index in [1.807, 2.05) is 6.92 Å².